The molecular weight excluding hydrogens is 304 g/mol. The van der Waals surface area contributed by atoms with Crippen LogP contribution in [-0.2, 0) is 0 Å². The smallest absolute Gasteiger partial charge is 0.105 e. The Balaban J connectivity index is 1.70. The van der Waals surface area contributed by atoms with Crippen LogP contribution in [0.5, 0.6) is 0 Å². The maximum atomic E-state index is 5.10. The quantitative estimate of drug-likeness (QED) is 0.693. The number of hydrogen-bond donors (Lipinski definition) is 1. The highest BCUT2D eigenvalue weighted by atomic mass is 15.1. The molecule has 0 unspecified atom stereocenters. The zero-order chi connectivity index (χ0) is 17.1. The Labute approximate surface area is 149 Å². The fraction of sp³-hybridized carbons (Fsp3) is 0.174. The summed E-state index contributed by atoms with van der Waals surface area (Å²) in [6.07, 6.45) is 0. The molecule has 0 bridgehead atoms. The highest BCUT2D eigenvalue weighted by Crippen LogP contribution is 2.38. The minimum Gasteiger partial charge on any atom is -0.364 e. The highest BCUT2D eigenvalue weighted by Gasteiger charge is 2.33. The zero-order valence-corrected chi connectivity index (χ0v) is 14.3. The van der Waals surface area contributed by atoms with Crippen molar-refractivity contribution in [3.8, 4) is 0 Å². The topological polar surface area (TPSA) is 24.4 Å². The number of benzene rings is 3. The third-order valence-electron chi connectivity index (χ3n) is 4.91. The van der Waals surface area contributed by atoms with Gasteiger partial charge in [-0.15, -0.1) is 0 Å². The van der Waals surface area contributed by atoms with Gasteiger partial charge in [0.25, 0.3) is 0 Å². The third-order valence-corrected chi connectivity index (χ3v) is 4.91. The van der Waals surface area contributed by atoms with Gasteiger partial charge in [-0.05, 0) is 16.7 Å². The van der Waals surface area contributed by atoms with Crippen molar-refractivity contribution in [2.75, 3.05) is 0 Å². The van der Waals surface area contributed by atoms with Crippen LogP contribution >= 0.6 is 0 Å². The number of nitrogens with zero attached hydrogens (tertiary/aromatic N) is 1. The van der Waals surface area contributed by atoms with E-state index in [-0.39, 0.29) is 18.0 Å². The Bertz CT molecular complexity index is 841. The van der Waals surface area contributed by atoms with E-state index in [0.717, 1.165) is 5.84 Å². The Hall–Kier alpha value is -2.87. The van der Waals surface area contributed by atoms with Gasteiger partial charge in [-0.1, -0.05) is 97.9 Å². The van der Waals surface area contributed by atoms with Crippen LogP contribution in [-0.4, -0.2) is 5.84 Å². The number of aliphatic imine (C=N–C) groups is 1. The van der Waals surface area contributed by atoms with Gasteiger partial charge in [0.2, 0.25) is 0 Å². The second-order valence-corrected chi connectivity index (χ2v) is 6.53. The van der Waals surface area contributed by atoms with Gasteiger partial charge in [-0.3, -0.25) is 4.99 Å². The lowest BCUT2D eigenvalue weighted by molar-refractivity contribution is 0.571. The Morgan fingerprint density at radius 1 is 0.720 bits per heavy atom. The van der Waals surface area contributed by atoms with Gasteiger partial charge >= 0.3 is 0 Å². The van der Waals surface area contributed by atoms with Crippen molar-refractivity contribution in [1.29, 1.82) is 0 Å². The van der Waals surface area contributed by atoms with Gasteiger partial charge in [-0.2, -0.15) is 0 Å². The standard InChI is InChI=1S/C23H22N2/c1-17(18-11-5-2-6-12-18)23-24-21(19-13-7-3-8-14-19)22(25-23)20-15-9-4-10-16-20/h2-17,21-22H,1H3,(H,24,25)/t17-,21-,22+/m0/s1. The van der Waals surface area contributed by atoms with Gasteiger partial charge in [-0.25, -0.2) is 0 Å². The summed E-state index contributed by atoms with van der Waals surface area (Å²) in [5.41, 5.74) is 3.81. The van der Waals surface area contributed by atoms with Gasteiger partial charge in [0, 0.05) is 5.92 Å². The summed E-state index contributed by atoms with van der Waals surface area (Å²) in [6.45, 7) is 2.22. The van der Waals surface area contributed by atoms with Crippen LogP contribution in [0.3, 0.4) is 0 Å². The van der Waals surface area contributed by atoms with E-state index in [1.54, 1.807) is 0 Å². The molecule has 124 valence electrons. The maximum absolute atomic E-state index is 5.10. The van der Waals surface area contributed by atoms with E-state index in [1.807, 2.05) is 0 Å². The molecule has 0 spiro atoms. The molecule has 0 aliphatic carbocycles. The number of amidine groups is 1. The molecule has 1 aliphatic rings. The molecule has 0 fully saturated rings. The van der Waals surface area contributed by atoms with E-state index in [4.69, 9.17) is 4.99 Å². The monoisotopic (exact) mass is 326 g/mol. The summed E-state index contributed by atoms with van der Waals surface area (Å²) in [7, 11) is 0. The molecule has 25 heavy (non-hydrogen) atoms. The summed E-state index contributed by atoms with van der Waals surface area (Å²) in [5, 5.41) is 3.70. The van der Waals surface area contributed by atoms with Gasteiger partial charge in [0.05, 0.1) is 6.04 Å². The zero-order valence-electron chi connectivity index (χ0n) is 14.3. The average Bonchev–Trinajstić information content (AvgIpc) is 3.15. The number of hydrogen-bond acceptors (Lipinski definition) is 2. The van der Waals surface area contributed by atoms with E-state index < -0.39 is 0 Å². The van der Waals surface area contributed by atoms with E-state index in [1.165, 1.54) is 16.7 Å². The second kappa shape index (κ2) is 6.94. The van der Waals surface area contributed by atoms with Crippen molar-refractivity contribution in [1.82, 2.24) is 5.32 Å². The average molecular weight is 326 g/mol. The van der Waals surface area contributed by atoms with Crippen LogP contribution in [0.1, 0.15) is 41.6 Å². The first kappa shape index (κ1) is 15.6. The van der Waals surface area contributed by atoms with Crippen molar-refractivity contribution in [3.05, 3.63) is 108 Å². The predicted octanol–water partition coefficient (Wildman–Crippen LogP) is 5.27. The second-order valence-electron chi connectivity index (χ2n) is 6.53. The summed E-state index contributed by atoms with van der Waals surface area (Å²) in [4.78, 5) is 5.10. The van der Waals surface area contributed by atoms with Gasteiger partial charge in [0.15, 0.2) is 0 Å². The van der Waals surface area contributed by atoms with Crippen LogP contribution in [0.4, 0.5) is 0 Å². The lowest BCUT2D eigenvalue weighted by Crippen LogP contribution is -2.27. The normalized spacial score (nSPS) is 20.6. The Morgan fingerprint density at radius 3 is 1.84 bits per heavy atom. The van der Waals surface area contributed by atoms with Crippen molar-refractivity contribution >= 4 is 5.84 Å². The molecular formula is C23H22N2. The summed E-state index contributed by atoms with van der Waals surface area (Å²) in [6, 6.07) is 32.0. The van der Waals surface area contributed by atoms with Gasteiger partial charge < -0.3 is 5.32 Å². The van der Waals surface area contributed by atoms with E-state index in [9.17, 15) is 0 Å². The fourth-order valence-corrected chi connectivity index (χ4v) is 3.48. The van der Waals surface area contributed by atoms with Crippen molar-refractivity contribution < 1.29 is 0 Å². The predicted molar refractivity (Wildman–Crippen MR) is 104 cm³/mol. The van der Waals surface area contributed by atoms with E-state index >= 15 is 0 Å². The molecule has 0 aromatic heterocycles. The lowest BCUT2D eigenvalue weighted by atomic mass is 9.95. The molecule has 4 rings (SSSR count). The highest BCUT2D eigenvalue weighted by molar-refractivity contribution is 5.91. The first-order valence-electron chi connectivity index (χ1n) is 8.82. The van der Waals surface area contributed by atoms with Crippen LogP contribution < -0.4 is 5.32 Å². The Kier molecular flexibility index (Phi) is 4.34. The van der Waals surface area contributed by atoms with Crippen molar-refractivity contribution in [3.63, 3.8) is 0 Å². The summed E-state index contributed by atoms with van der Waals surface area (Å²) < 4.78 is 0. The molecule has 2 nitrogen and oxygen atoms in total. The van der Waals surface area contributed by atoms with Gasteiger partial charge in [0.1, 0.15) is 11.9 Å². The molecule has 0 amide bonds. The minimum absolute atomic E-state index is 0.102. The molecule has 2 heteroatoms. The molecule has 3 aromatic carbocycles. The van der Waals surface area contributed by atoms with E-state index in [0.29, 0.717) is 0 Å². The van der Waals surface area contributed by atoms with Crippen LogP contribution in [0.2, 0.25) is 0 Å². The first-order chi connectivity index (χ1) is 12.3. The number of nitrogens with one attached hydrogen (secondary N) is 1. The first-order valence-corrected chi connectivity index (χ1v) is 8.82. The fourth-order valence-electron chi connectivity index (χ4n) is 3.48. The molecule has 1 heterocycles. The molecule has 1 aliphatic heterocycles. The molecule has 1 N–H and O–H groups in total. The Morgan fingerprint density at radius 2 is 1.24 bits per heavy atom. The molecule has 0 radical (unpaired) electrons. The molecule has 3 aromatic rings. The third kappa shape index (κ3) is 3.20. The summed E-state index contributed by atoms with van der Waals surface area (Å²) >= 11 is 0. The van der Waals surface area contributed by atoms with Crippen LogP contribution in [0.15, 0.2) is 96.0 Å². The molecule has 0 saturated carbocycles. The van der Waals surface area contributed by atoms with Crippen molar-refractivity contribution in [2.45, 2.75) is 24.9 Å². The number of rotatable bonds is 4. The van der Waals surface area contributed by atoms with Crippen molar-refractivity contribution in [2.24, 2.45) is 4.99 Å². The molecule has 0 saturated heterocycles. The van der Waals surface area contributed by atoms with E-state index in [2.05, 4.69) is 103 Å². The SMILES string of the molecule is C[C@H](C1=N[C@H](c2ccccc2)[C@H](c2ccccc2)N1)c1ccccc1. The summed E-state index contributed by atoms with van der Waals surface area (Å²) in [5.74, 6) is 1.31. The molecule has 3 atom stereocenters. The lowest BCUT2D eigenvalue weighted by Gasteiger charge is -2.20. The minimum atomic E-state index is 0.102. The largest absolute Gasteiger partial charge is 0.364 e. The van der Waals surface area contributed by atoms with Crippen LogP contribution in [0.25, 0.3) is 0 Å². The van der Waals surface area contributed by atoms with Crippen LogP contribution in [0, 0.1) is 0 Å². The maximum Gasteiger partial charge on any atom is 0.105 e.